The van der Waals surface area contributed by atoms with E-state index in [2.05, 4.69) is 36.5 Å². The number of carbonyl (C=O) groups excluding carboxylic acids is 1. The summed E-state index contributed by atoms with van der Waals surface area (Å²) in [7, 11) is 0. The molecular weight excluding hydrogens is 258 g/mol. The molecule has 0 bridgehead atoms. The van der Waals surface area contributed by atoms with Crippen LogP contribution < -0.4 is 5.32 Å². The molecular formula is C19H23NO. The van der Waals surface area contributed by atoms with Gasteiger partial charge in [0.1, 0.15) is 0 Å². The summed E-state index contributed by atoms with van der Waals surface area (Å²) in [6.45, 7) is 2.25. The normalized spacial score (nSPS) is 22.1. The highest BCUT2D eigenvalue weighted by Crippen LogP contribution is 2.24. The molecule has 1 aliphatic carbocycles. The molecule has 0 aliphatic heterocycles. The van der Waals surface area contributed by atoms with Crippen molar-refractivity contribution in [2.24, 2.45) is 5.92 Å². The zero-order valence-corrected chi connectivity index (χ0v) is 12.6. The first-order valence-corrected chi connectivity index (χ1v) is 8.00. The largest absolute Gasteiger partial charge is 0.353 e. The number of nitrogens with one attached hydrogen (secondary N) is 1. The average Bonchev–Trinajstić information content (AvgIpc) is 2.50. The predicted molar refractivity (Wildman–Crippen MR) is 87.2 cm³/mol. The molecule has 0 aromatic heterocycles. The average molecular weight is 281 g/mol. The fourth-order valence-corrected chi connectivity index (χ4v) is 3.41. The maximum Gasteiger partial charge on any atom is 0.224 e. The summed E-state index contributed by atoms with van der Waals surface area (Å²) in [5, 5.41) is 5.63. The molecule has 2 nitrogen and oxygen atoms in total. The van der Waals surface area contributed by atoms with Crippen LogP contribution in [0.25, 0.3) is 10.8 Å². The van der Waals surface area contributed by atoms with Crippen LogP contribution in [0.2, 0.25) is 0 Å². The van der Waals surface area contributed by atoms with Crippen molar-refractivity contribution >= 4 is 16.7 Å². The number of benzene rings is 2. The van der Waals surface area contributed by atoms with Gasteiger partial charge in [-0.15, -0.1) is 0 Å². The van der Waals surface area contributed by atoms with Crippen LogP contribution in [-0.2, 0) is 11.2 Å². The summed E-state index contributed by atoms with van der Waals surface area (Å²) < 4.78 is 0. The minimum absolute atomic E-state index is 0.158. The van der Waals surface area contributed by atoms with Gasteiger partial charge in [-0.3, -0.25) is 4.79 Å². The molecule has 1 aliphatic rings. The zero-order valence-electron chi connectivity index (χ0n) is 12.6. The van der Waals surface area contributed by atoms with Crippen LogP contribution in [0.5, 0.6) is 0 Å². The van der Waals surface area contributed by atoms with Gasteiger partial charge in [-0.05, 0) is 35.1 Å². The van der Waals surface area contributed by atoms with E-state index in [0.29, 0.717) is 18.4 Å². The summed E-state index contributed by atoms with van der Waals surface area (Å²) in [5.41, 5.74) is 1.12. The number of fused-ring (bicyclic) bond motifs is 1. The Morgan fingerprint density at radius 2 is 1.86 bits per heavy atom. The van der Waals surface area contributed by atoms with Gasteiger partial charge >= 0.3 is 0 Å². The fraction of sp³-hybridized carbons (Fsp3) is 0.421. The van der Waals surface area contributed by atoms with Crippen LogP contribution in [0.4, 0.5) is 0 Å². The Labute approximate surface area is 126 Å². The maximum atomic E-state index is 12.4. The van der Waals surface area contributed by atoms with E-state index in [0.717, 1.165) is 12.0 Å². The van der Waals surface area contributed by atoms with E-state index in [1.54, 1.807) is 0 Å². The highest BCUT2D eigenvalue weighted by Gasteiger charge is 2.22. The van der Waals surface area contributed by atoms with Gasteiger partial charge < -0.3 is 5.32 Å². The van der Waals surface area contributed by atoms with E-state index >= 15 is 0 Å². The lowest BCUT2D eigenvalue weighted by molar-refractivity contribution is -0.121. The Morgan fingerprint density at radius 1 is 1.10 bits per heavy atom. The van der Waals surface area contributed by atoms with Gasteiger partial charge in [0.25, 0.3) is 0 Å². The quantitative estimate of drug-likeness (QED) is 0.902. The van der Waals surface area contributed by atoms with E-state index in [9.17, 15) is 4.79 Å². The summed E-state index contributed by atoms with van der Waals surface area (Å²) in [6, 6.07) is 14.8. The molecule has 1 amide bonds. The minimum Gasteiger partial charge on any atom is -0.353 e. The standard InChI is InChI=1S/C19H23NO/c1-14-7-2-5-12-18(14)20-19(21)13-16-10-6-9-15-8-3-4-11-17(15)16/h3-4,6,8-11,14,18H,2,5,7,12-13H2,1H3,(H,20,21)/t14-,18-/m1/s1. The highest BCUT2D eigenvalue weighted by molar-refractivity contribution is 5.90. The molecule has 2 aromatic rings. The molecule has 1 N–H and O–H groups in total. The third kappa shape index (κ3) is 3.26. The fourth-order valence-electron chi connectivity index (χ4n) is 3.41. The van der Waals surface area contributed by atoms with Gasteiger partial charge in [0.15, 0.2) is 0 Å². The van der Waals surface area contributed by atoms with E-state index in [1.807, 2.05) is 18.2 Å². The van der Waals surface area contributed by atoms with Crippen molar-refractivity contribution in [2.45, 2.75) is 45.1 Å². The topological polar surface area (TPSA) is 29.1 Å². The molecule has 1 saturated carbocycles. The second-order valence-electron chi connectivity index (χ2n) is 6.25. The molecule has 21 heavy (non-hydrogen) atoms. The van der Waals surface area contributed by atoms with Gasteiger partial charge in [0.2, 0.25) is 5.91 Å². The molecule has 0 radical (unpaired) electrons. The van der Waals surface area contributed by atoms with E-state index < -0.39 is 0 Å². The molecule has 0 heterocycles. The molecule has 0 spiro atoms. The van der Waals surface area contributed by atoms with Crippen LogP contribution in [-0.4, -0.2) is 11.9 Å². The Morgan fingerprint density at radius 3 is 2.71 bits per heavy atom. The van der Waals surface area contributed by atoms with Crippen molar-refractivity contribution in [3.05, 3.63) is 48.0 Å². The first-order chi connectivity index (χ1) is 10.2. The van der Waals surface area contributed by atoms with Crippen LogP contribution >= 0.6 is 0 Å². The zero-order chi connectivity index (χ0) is 14.7. The molecule has 0 unspecified atom stereocenters. The summed E-state index contributed by atoms with van der Waals surface area (Å²) >= 11 is 0. The number of rotatable bonds is 3. The van der Waals surface area contributed by atoms with Crippen molar-refractivity contribution in [1.82, 2.24) is 5.32 Å². The second-order valence-corrected chi connectivity index (χ2v) is 6.25. The van der Waals surface area contributed by atoms with Crippen LogP contribution in [0.1, 0.15) is 38.2 Å². The number of hydrogen-bond acceptors (Lipinski definition) is 1. The molecule has 0 saturated heterocycles. The first-order valence-electron chi connectivity index (χ1n) is 8.00. The summed E-state index contributed by atoms with van der Waals surface area (Å²) in [4.78, 5) is 12.4. The van der Waals surface area contributed by atoms with Gasteiger partial charge in [-0.2, -0.15) is 0 Å². The van der Waals surface area contributed by atoms with Crippen LogP contribution in [0.3, 0.4) is 0 Å². The lowest BCUT2D eigenvalue weighted by Crippen LogP contribution is -2.41. The number of carbonyl (C=O) groups is 1. The van der Waals surface area contributed by atoms with Crippen molar-refractivity contribution in [1.29, 1.82) is 0 Å². The summed E-state index contributed by atoms with van der Waals surface area (Å²) in [5.74, 6) is 0.764. The number of amides is 1. The third-order valence-corrected chi connectivity index (χ3v) is 4.69. The lowest BCUT2D eigenvalue weighted by Gasteiger charge is -2.29. The van der Waals surface area contributed by atoms with Crippen molar-refractivity contribution in [2.75, 3.05) is 0 Å². The predicted octanol–water partition coefficient (Wildman–Crippen LogP) is 4.08. The van der Waals surface area contributed by atoms with Crippen molar-refractivity contribution in [3.63, 3.8) is 0 Å². The Bertz CT molecular complexity index is 629. The van der Waals surface area contributed by atoms with Gasteiger partial charge in [0.05, 0.1) is 6.42 Å². The van der Waals surface area contributed by atoms with Crippen LogP contribution in [0.15, 0.2) is 42.5 Å². The van der Waals surface area contributed by atoms with Gasteiger partial charge in [0, 0.05) is 6.04 Å². The van der Waals surface area contributed by atoms with E-state index in [-0.39, 0.29) is 5.91 Å². The monoisotopic (exact) mass is 281 g/mol. The highest BCUT2D eigenvalue weighted by atomic mass is 16.1. The van der Waals surface area contributed by atoms with Gasteiger partial charge in [-0.25, -0.2) is 0 Å². The van der Waals surface area contributed by atoms with E-state index in [1.165, 1.54) is 30.0 Å². The maximum absolute atomic E-state index is 12.4. The SMILES string of the molecule is C[C@@H]1CCCC[C@H]1NC(=O)Cc1cccc2ccccc12. The van der Waals surface area contributed by atoms with E-state index in [4.69, 9.17) is 0 Å². The Hall–Kier alpha value is -1.83. The Balaban J connectivity index is 1.71. The van der Waals surface area contributed by atoms with Crippen molar-refractivity contribution in [3.8, 4) is 0 Å². The smallest absolute Gasteiger partial charge is 0.224 e. The second kappa shape index (κ2) is 6.30. The molecule has 110 valence electrons. The molecule has 1 fully saturated rings. The van der Waals surface area contributed by atoms with Crippen molar-refractivity contribution < 1.29 is 4.79 Å². The first kappa shape index (κ1) is 14.1. The molecule has 2 aromatic carbocycles. The molecule has 2 heteroatoms. The Kier molecular flexibility index (Phi) is 4.23. The van der Waals surface area contributed by atoms with Crippen LogP contribution in [0, 0.1) is 5.92 Å². The number of hydrogen-bond donors (Lipinski definition) is 1. The minimum atomic E-state index is 0.158. The lowest BCUT2D eigenvalue weighted by atomic mass is 9.86. The van der Waals surface area contributed by atoms with Gasteiger partial charge in [-0.1, -0.05) is 62.2 Å². The molecule has 2 atom stereocenters. The third-order valence-electron chi connectivity index (χ3n) is 4.69. The summed E-state index contributed by atoms with van der Waals surface area (Å²) in [6.07, 6.45) is 5.38. The molecule has 3 rings (SSSR count).